The van der Waals surface area contributed by atoms with Gasteiger partial charge in [-0.25, -0.2) is 13.9 Å². The highest BCUT2D eigenvalue weighted by Gasteiger charge is 2.56. The van der Waals surface area contributed by atoms with Crippen molar-refractivity contribution in [2.24, 2.45) is 0 Å². The van der Waals surface area contributed by atoms with Crippen molar-refractivity contribution in [3.05, 3.63) is 30.6 Å². The highest BCUT2D eigenvalue weighted by atomic mass is 31.2. The number of aliphatic hydroxyl groups excluding tert-OH is 1. The number of nitrogens with zero attached hydrogens (tertiary/aromatic N) is 4. The minimum atomic E-state index is -3.95. The summed E-state index contributed by atoms with van der Waals surface area (Å²) in [6.45, 7) is 3.76. The monoisotopic (exact) mass is 668 g/mol. The SMILES string of the molecule is CCCCC/C=C\C/C=C\CCCCCCCOC[C@H]1COP(=O)(OC[C@H]2O[C@@H](n3cnc4c(N)nc(N)nc43)[C@@](C)(F)[C@H]2O)O1. The van der Waals surface area contributed by atoms with Crippen LogP contribution in [0.5, 0.6) is 0 Å². The molecule has 4 heterocycles. The van der Waals surface area contributed by atoms with Gasteiger partial charge in [-0.05, 0) is 45.4 Å². The molecule has 46 heavy (non-hydrogen) atoms. The van der Waals surface area contributed by atoms with E-state index in [0.717, 1.165) is 32.1 Å². The fourth-order valence-corrected chi connectivity index (χ4v) is 6.80. The molecule has 15 heteroatoms. The number of fused-ring (bicyclic) bond motifs is 1. The van der Waals surface area contributed by atoms with Crippen molar-refractivity contribution in [2.45, 2.75) is 115 Å². The van der Waals surface area contributed by atoms with Crippen molar-refractivity contribution in [1.29, 1.82) is 0 Å². The number of rotatable bonds is 20. The third kappa shape index (κ3) is 10.0. The molecule has 1 unspecified atom stereocenters. The Labute approximate surface area is 270 Å². The lowest BCUT2D eigenvalue weighted by Crippen LogP contribution is -2.40. The molecule has 0 aliphatic carbocycles. The highest BCUT2D eigenvalue weighted by Crippen LogP contribution is 2.56. The zero-order valence-electron chi connectivity index (χ0n) is 27.0. The summed E-state index contributed by atoms with van der Waals surface area (Å²) in [5, 5.41) is 10.7. The minimum absolute atomic E-state index is 0.0263. The van der Waals surface area contributed by atoms with E-state index in [1.54, 1.807) is 0 Å². The summed E-state index contributed by atoms with van der Waals surface area (Å²) in [6.07, 6.45) is 18.3. The molecule has 0 aromatic carbocycles. The molecule has 5 N–H and O–H groups in total. The van der Waals surface area contributed by atoms with E-state index < -0.39 is 44.6 Å². The quantitative estimate of drug-likeness (QED) is 0.0858. The summed E-state index contributed by atoms with van der Waals surface area (Å²) >= 11 is 0. The number of ether oxygens (including phenoxy) is 2. The third-order valence-corrected chi connectivity index (χ3v) is 9.56. The molecule has 2 aliphatic heterocycles. The summed E-state index contributed by atoms with van der Waals surface area (Å²) < 4.78 is 57.7. The molecule has 13 nitrogen and oxygen atoms in total. The first-order valence-electron chi connectivity index (χ1n) is 16.4. The van der Waals surface area contributed by atoms with E-state index in [0.29, 0.717) is 6.61 Å². The molecule has 2 aromatic rings. The molecule has 0 spiro atoms. The second-order valence-corrected chi connectivity index (χ2v) is 13.6. The van der Waals surface area contributed by atoms with Crippen LogP contribution in [0, 0.1) is 0 Å². The lowest BCUT2D eigenvalue weighted by molar-refractivity contribution is -0.0564. The van der Waals surface area contributed by atoms with Gasteiger partial charge in [-0.2, -0.15) is 9.97 Å². The number of aliphatic hydroxyl groups is 1. The van der Waals surface area contributed by atoms with Crippen molar-refractivity contribution in [1.82, 2.24) is 19.5 Å². The minimum Gasteiger partial charge on any atom is -0.387 e. The van der Waals surface area contributed by atoms with E-state index in [2.05, 4.69) is 46.2 Å². The Balaban J connectivity index is 1.08. The lowest BCUT2D eigenvalue weighted by Gasteiger charge is -2.24. The number of nitrogen functional groups attached to an aromatic ring is 2. The number of phosphoric acid groups is 1. The van der Waals surface area contributed by atoms with Crippen LogP contribution in [-0.4, -0.2) is 75.0 Å². The van der Waals surface area contributed by atoms with Crippen molar-refractivity contribution in [3.8, 4) is 0 Å². The van der Waals surface area contributed by atoms with Crippen molar-refractivity contribution in [2.75, 3.05) is 37.9 Å². The fourth-order valence-electron chi connectivity index (χ4n) is 5.44. The maximum Gasteiger partial charge on any atom is 0.475 e. The molecular formula is C31H50FN6O7P. The lowest BCUT2D eigenvalue weighted by atomic mass is 9.98. The number of phosphoric ester groups is 1. The van der Waals surface area contributed by atoms with Gasteiger partial charge in [-0.3, -0.25) is 18.1 Å². The maximum absolute atomic E-state index is 15.7. The van der Waals surface area contributed by atoms with Crippen LogP contribution in [0.4, 0.5) is 16.2 Å². The van der Waals surface area contributed by atoms with E-state index >= 15 is 4.39 Å². The fraction of sp³-hybridized carbons (Fsp3) is 0.710. The number of nitrogens with two attached hydrogens (primary N) is 2. The van der Waals surface area contributed by atoms with E-state index in [-0.39, 0.29) is 36.1 Å². The second-order valence-electron chi connectivity index (χ2n) is 12.0. The number of allylic oxidation sites excluding steroid dienone is 4. The van der Waals surface area contributed by atoms with Gasteiger partial charge in [0.05, 0.1) is 26.1 Å². The second kappa shape index (κ2) is 17.6. The Bertz CT molecular complexity index is 1340. The molecule has 2 saturated heterocycles. The molecule has 2 fully saturated rings. The summed E-state index contributed by atoms with van der Waals surface area (Å²) in [6, 6.07) is 0. The first kappa shape index (κ1) is 36.4. The zero-order chi connectivity index (χ0) is 33.0. The van der Waals surface area contributed by atoms with Crippen LogP contribution in [-0.2, 0) is 27.6 Å². The average Bonchev–Trinajstić information content (AvgIpc) is 3.67. The number of anilines is 2. The summed E-state index contributed by atoms with van der Waals surface area (Å²) in [5.74, 6) is -0.0951. The van der Waals surface area contributed by atoms with Gasteiger partial charge >= 0.3 is 7.82 Å². The van der Waals surface area contributed by atoms with E-state index in [4.69, 9.17) is 34.5 Å². The predicted octanol–water partition coefficient (Wildman–Crippen LogP) is 5.96. The number of hydrogen-bond acceptors (Lipinski definition) is 12. The zero-order valence-corrected chi connectivity index (χ0v) is 27.9. The molecule has 0 amide bonds. The van der Waals surface area contributed by atoms with E-state index in [9.17, 15) is 9.67 Å². The smallest absolute Gasteiger partial charge is 0.387 e. The van der Waals surface area contributed by atoms with E-state index in [1.807, 2.05) is 0 Å². The van der Waals surface area contributed by atoms with Gasteiger partial charge in [0.1, 0.15) is 23.8 Å². The molecule has 0 radical (unpaired) electrons. The van der Waals surface area contributed by atoms with Crippen molar-refractivity contribution >= 4 is 30.8 Å². The van der Waals surface area contributed by atoms with Gasteiger partial charge in [0, 0.05) is 6.61 Å². The van der Waals surface area contributed by atoms with Crippen LogP contribution in [0.2, 0.25) is 0 Å². The Morgan fingerprint density at radius 3 is 2.57 bits per heavy atom. The van der Waals surface area contributed by atoms with Crippen molar-refractivity contribution < 1.29 is 37.1 Å². The normalized spacial score (nSPS) is 28.4. The van der Waals surface area contributed by atoms with Gasteiger partial charge < -0.3 is 26.0 Å². The number of halogens is 1. The Morgan fingerprint density at radius 2 is 1.80 bits per heavy atom. The largest absolute Gasteiger partial charge is 0.475 e. The molecule has 258 valence electrons. The first-order chi connectivity index (χ1) is 22.1. The van der Waals surface area contributed by atoms with Crippen LogP contribution < -0.4 is 11.5 Å². The molecular weight excluding hydrogens is 618 g/mol. The molecule has 2 aliphatic rings. The van der Waals surface area contributed by atoms with Crippen LogP contribution in [0.25, 0.3) is 11.2 Å². The van der Waals surface area contributed by atoms with Gasteiger partial charge in [-0.15, -0.1) is 0 Å². The summed E-state index contributed by atoms with van der Waals surface area (Å²) in [5.41, 5.74) is 9.61. The molecule has 4 rings (SSSR count). The standard InChI is InChI=1S/C31H50FN6O7P/c1-3-4-5-6-7-8-9-10-11-12-13-14-15-16-17-18-41-19-23-20-42-46(40,45-23)43-21-24-26(39)31(2,32)29(44-24)38-22-35-25-27(33)36-30(34)37-28(25)38/h7-8,10-11,22-24,26,29,39H,3-6,9,12-21H2,1-2H3,(H4,33,34,36,37)/b8-7-,11-10-/t23-,24+,26-,29+,31-,46?/m0/s1. The average molecular weight is 669 g/mol. The van der Waals surface area contributed by atoms with E-state index in [1.165, 1.54) is 56.3 Å². The molecule has 2 aromatic heterocycles. The topological polar surface area (TPSA) is 179 Å². The van der Waals surface area contributed by atoms with Gasteiger partial charge in [0.2, 0.25) is 5.95 Å². The maximum atomic E-state index is 15.7. The highest BCUT2D eigenvalue weighted by molar-refractivity contribution is 7.48. The van der Waals surface area contributed by atoms with Gasteiger partial charge in [0.25, 0.3) is 0 Å². The summed E-state index contributed by atoms with van der Waals surface area (Å²) in [7, 11) is -3.95. The Morgan fingerprint density at radius 1 is 1.09 bits per heavy atom. The van der Waals surface area contributed by atoms with Crippen LogP contribution in [0.15, 0.2) is 30.6 Å². The number of hydrogen-bond donors (Lipinski definition) is 3. The molecule has 0 bridgehead atoms. The van der Waals surface area contributed by atoms with Crippen LogP contribution in [0.3, 0.4) is 0 Å². The van der Waals surface area contributed by atoms with Crippen LogP contribution in [0.1, 0.15) is 90.7 Å². The number of imidazole rings is 1. The van der Waals surface area contributed by atoms with Crippen LogP contribution >= 0.6 is 7.82 Å². The number of alkyl halides is 1. The first-order valence-corrected chi connectivity index (χ1v) is 17.8. The van der Waals surface area contributed by atoms with Crippen molar-refractivity contribution in [3.63, 3.8) is 0 Å². The number of unbranched alkanes of at least 4 members (excludes halogenated alkanes) is 8. The van der Waals surface area contributed by atoms with Gasteiger partial charge in [0.15, 0.2) is 23.4 Å². The third-order valence-electron chi connectivity index (χ3n) is 8.07. The van der Waals surface area contributed by atoms with Gasteiger partial charge in [-0.1, -0.05) is 63.3 Å². The molecule has 6 atom stereocenters. The number of aromatic nitrogens is 4. The summed E-state index contributed by atoms with van der Waals surface area (Å²) in [4.78, 5) is 12.1. The predicted molar refractivity (Wildman–Crippen MR) is 174 cm³/mol. The Hall–Kier alpha value is -2.45. The molecule has 0 saturated carbocycles. The Kier molecular flexibility index (Phi) is 13.9.